The van der Waals surface area contributed by atoms with Gasteiger partial charge >= 0.3 is 0 Å². The van der Waals surface area contributed by atoms with Gasteiger partial charge in [0.15, 0.2) is 0 Å². The van der Waals surface area contributed by atoms with E-state index in [1.54, 1.807) is 18.2 Å². The van der Waals surface area contributed by atoms with E-state index in [1.165, 1.54) is 18.2 Å². The molecule has 2 aromatic rings. The Bertz CT molecular complexity index is 860. The summed E-state index contributed by atoms with van der Waals surface area (Å²) >= 11 is 0. The Balaban J connectivity index is 2.06. The molecule has 0 atom stereocenters. The van der Waals surface area contributed by atoms with Crippen molar-refractivity contribution in [3.63, 3.8) is 0 Å². The Morgan fingerprint density at radius 1 is 1.04 bits per heavy atom. The number of ether oxygens (including phenoxy) is 1. The number of carbonyl (C=O) groups excluding carboxylic acids is 1. The van der Waals surface area contributed by atoms with Crippen molar-refractivity contribution >= 4 is 17.7 Å². The normalized spacial score (nSPS) is 12.3. The molecule has 0 aliphatic carbocycles. The maximum atomic E-state index is 12.9. The summed E-state index contributed by atoms with van der Waals surface area (Å²) in [6, 6.07) is 13.2. The molecule has 0 spiro atoms. The predicted molar refractivity (Wildman–Crippen MR) is 104 cm³/mol. The molecule has 0 saturated heterocycles. The van der Waals surface area contributed by atoms with Crippen molar-refractivity contribution in [2.24, 2.45) is 4.99 Å². The van der Waals surface area contributed by atoms with Gasteiger partial charge in [-0.1, -0.05) is 12.7 Å². The van der Waals surface area contributed by atoms with Crippen molar-refractivity contribution in [3.05, 3.63) is 90.3 Å². The highest BCUT2D eigenvalue weighted by molar-refractivity contribution is 5.97. The molecule has 2 aromatic carbocycles. The van der Waals surface area contributed by atoms with Gasteiger partial charge in [0.05, 0.1) is 5.70 Å². The number of aliphatic imine (C=N–C) groups is 1. The molecule has 0 N–H and O–H groups in total. The summed E-state index contributed by atoms with van der Waals surface area (Å²) in [6.07, 6.45) is 5.76. The SMILES string of the molecule is C=C(N=C(C)/C=C(C)/C=C/C=O)c1ccc(Oc2ccc(F)cc2)cc1. The first-order chi connectivity index (χ1) is 12.5. The second-order valence-corrected chi connectivity index (χ2v) is 5.66. The van der Waals surface area contributed by atoms with Gasteiger partial charge in [-0.25, -0.2) is 4.39 Å². The second kappa shape index (κ2) is 9.28. The molecule has 0 aromatic heterocycles. The van der Waals surface area contributed by atoms with Crippen molar-refractivity contribution in [2.45, 2.75) is 13.8 Å². The summed E-state index contributed by atoms with van der Waals surface area (Å²) in [7, 11) is 0. The van der Waals surface area contributed by atoms with E-state index >= 15 is 0 Å². The summed E-state index contributed by atoms with van der Waals surface area (Å²) in [6.45, 7) is 7.75. The summed E-state index contributed by atoms with van der Waals surface area (Å²) in [5.41, 5.74) is 3.20. The van der Waals surface area contributed by atoms with Crippen LogP contribution in [-0.2, 0) is 4.79 Å². The number of halogens is 1. The van der Waals surface area contributed by atoms with Crippen LogP contribution in [0.5, 0.6) is 11.5 Å². The molecule has 0 bridgehead atoms. The van der Waals surface area contributed by atoms with E-state index in [1.807, 2.05) is 44.2 Å². The number of allylic oxidation sites excluding steroid dienone is 4. The van der Waals surface area contributed by atoms with Crippen molar-refractivity contribution in [2.75, 3.05) is 0 Å². The fourth-order valence-electron chi connectivity index (χ4n) is 2.23. The quantitative estimate of drug-likeness (QED) is 0.276. The zero-order valence-corrected chi connectivity index (χ0v) is 14.8. The van der Waals surface area contributed by atoms with Crippen molar-refractivity contribution in [1.82, 2.24) is 0 Å². The molecule has 0 unspecified atom stereocenters. The van der Waals surface area contributed by atoms with Crippen LogP contribution in [0.15, 0.2) is 83.9 Å². The zero-order chi connectivity index (χ0) is 18.9. The smallest absolute Gasteiger partial charge is 0.142 e. The molecule has 0 saturated carbocycles. The van der Waals surface area contributed by atoms with Gasteiger partial charge in [-0.15, -0.1) is 0 Å². The molecule has 26 heavy (non-hydrogen) atoms. The van der Waals surface area contributed by atoms with Crippen LogP contribution >= 0.6 is 0 Å². The summed E-state index contributed by atoms with van der Waals surface area (Å²) < 4.78 is 18.6. The Labute approximate surface area is 152 Å². The summed E-state index contributed by atoms with van der Waals surface area (Å²) in [5.74, 6) is 0.905. The Kier molecular flexibility index (Phi) is 6.80. The van der Waals surface area contributed by atoms with Crippen LogP contribution in [0.4, 0.5) is 4.39 Å². The third-order valence-corrected chi connectivity index (χ3v) is 3.42. The average Bonchev–Trinajstić information content (AvgIpc) is 2.62. The van der Waals surface area contributed by atoms with Crippen LogP contribution in [0.3, 0.4) is 0 Å². The topological polar surface area (TPSA) is 38.7 Å². The average molecular weight is 349 g/mol. The lowest BCUT2D eigenvalue weighted by Gasteiger charge is -2.07. The van der Waals surface area contributed by atoms with Gasteiger partial charge in [-0.3, -0.25) is 9.79 Å². The van der Waals surface area contributed by atoms with Gasteiger partial charge in [0.1, 0.15) is 23.6 Å². The molecule has 4 heteroatoms. The number of benzene rings is 2. The molecule has 0 aliphatic rings. The molecule has 3 nitrogen and oxygen atoms in total. The number of rotatable bonds is 7. The fraction of sp³-hybridized carbons (Fsp3) is 0.0909. The first kappa shape index (κ1) is 19.1. The molecule has 132 valence electrons. The van der Waals surface area contributed by atoms with Crippen LogP contribution in [0.1, 0.15) is 19.4 Å². The van der Waals surface area contributed by atoms with Crippen LogP contribution in [-0.4, -0.2) is 12.0 Å². The lowest BCUT2D eigenvalue weighted by atomic mass is 10.1. The van der Waals surface area contributed by atoms with Gasteiger partial charge in [0.2, 0.25) is 0 Å². The largest absolute Gasteiger partial charge is 0.457 e. The highest BCUT2D eigenvalue weighted by Crippen LogP contribution is 2.24. The third kappa shape index (κ3) is 5.98. The summed E-state index contributed by atoms with van der Waals surface area (Å²) in [4.78, 5) is 14.8. The van der Waals surface area contributed by atoms with E-state index in [0.29, 0.717) is 17.2 Å². The van der Waals surface area contributed by atoms with Crippen LogP contribution < -0.4 is 4.74 Å². The van der Waals surface area contributed by atoms with E-state index in [4.69, 9.17) is 4.74 Å². The van der Waals surface area contributed by atoms with E-state index in [2.05, 4.69) is 11.6 Å². The number of aldehydes is 1. The monoisotopic (exact) mass is 349 g/mol. The number of carbonyl (C=O) groups is 1. The van der Waals surface area contributed by atoms with Gasteiger partial charge < -0.3 is 4.74 Å². The highest BCUT2D eigenvalue weighted by Gasteiger charge is 2.01. The molecule has 0 heterocycles. The third-order valence-electron chi connectivity index (χ3n) is 3.42. The molecule has 2 rings (SSSR count). The van der Waals surface area contributed by atoms with Crippen molar-refractivity contribution in [3.8, 4) is 11.5 Å². The van der Waals surface area contributed by atoms with E-state index in [0.717, 1.165) is 23.1 Å². The lowest BCUT2D eigenvalue weighted by molar-refractivity contribution is -0.104. The van der Waals surface area contributed by atoms with Crippen LogP contribution in [0.2, 0.25) is 0 Å². The minimum atomic E-state index is -0.303. The fourth-order valence-corrected chi connectivity index (χ4v) is 2.23. The molecular formula is C22H20FNO2. The highest BCUT2D eigenvalue weighted by atomic mass is 19.1. The standard InChI is InChI=1S/C22H20FNO2/c1-16(5-4-14-25)15-17(2)24-18(3)19-6-10-21(11-7-19)26-22-12-8-20(23)9-13-22/h4-15H,3H2,1-2H3/b5-4+,16-15+,24-17?. The van der Waals surface area contributed by atoms with Crippen molar-refractivity contribution in [1.29, 1.82) is 0 Å². The first-order valence-corrected chi connectivity index (χ1v) is 8.06. The predicted octanol–water partition coefficient (Wildman–Crippen LogP) is 5.75. The molecule has 0 fully saturated rings. The van der Waals surface area contributed by atoms with E-state index in [-0.39, 0.29) is 5.82 Å². The van der Waals surface area contributed by atoms with Crippen LogP contribution in [0.25, 0.3) is 5.70 Å². The lowest BCUT2D eigenvalue weighted by Crippen LogP contribution is -1.90. The Morgan fingerprint density at radius 3 is 2.19 bits per heavy atom. The van der Waals surface area contributed by atoms with Gasteiger partial charge in [0, 0.05) is 5.71 Å². The maximum Gasteiger partial charge on any atom is 0.142 e. The van der Waals surface area contributed by atoms with Crippen LogP contribution in [0, 0.1) is 5.82 Å². The molecular weight excluding hydrogens is 329 g/mol. The van der Waals surface area contributed by atoms with Gasteiger partial charge in [0.25, 0.3) is 0 Å². The first-order valence-electron chi connectivity index (χ1n) is 8.06. The summed E-state index contributed by atoms with van der Waals surface area (Å²) in [5, 5.41) is 0. The van der Waals surface area contributed by atoms with E-state index in [9.17, 15) is 9.18 Å². The van der Waals surface area contributed by atoms with Gasteiger partial charge in [-0.05, 0) is 85.7 Å². The molecule has 0 amide bonds. The minimum absolute atomic E-state index is 0.303. The Morgan fingerprint density at radius 2 is 1.62 bits per heavy atom. The maximum absolute atomic E-state index is 12.9. The number of hydrogen-bond donors (Lipinski definition) is 0. The Hall–Kier alpha value is -3.27. The number of nitrogens with zero attached hydrogens (tertiary/aromatic N) is 1. The zero-order valence-electron chi connectivity index (χ0n) is 14.8. The molecule has 0 aliphatic heterocycles. The molecule has 0 radical (unpaired) electrons. The minimum Gasteiger partial charge on any atom is -0.457 e. The number of hydrogen-bond acceptors (Lipinski definition) is 3. The van der Waals surface area contributed by atoms with E-state index < -0.39 is 0 Å². The second-order valence-electron chi connectivity index (χ2n) is 5.66. The van der Waals surface area contributed by atoms with Crippen molar-refractivity contribution < 1.29 is 13.9 Å². The van der Waals surface area contributed by atoms with Gasteiger partial charge in [-0.2, -0.15) is 0 Å².